The summed E-state index contributed by atoms with van der Waals surface area (Å²) in [7, 11) is -3.74. The van der Waals surface area contributed by atoms with Crippen LogP contribution in [0.1, 0.15) is 11.6 Å². The monoisotopic (exact) mass is 415 g/mol. The van der Waals surface area contributed by atoms with Crippen LogP contribution in [0.2, 0.25) is 10.0 Å². The molecule has 0 spiro atoms. The van der Waals surface area contributed by atoms with E-state index in [1.807, 2.05) is 30.3 Å². The Morgan fingerprint density at radius 3 is 2.38 bits per heavy atom. The van der Waals surface area contributed by atoms with E-state index in [4.69, 9.17) is 27.9 Å². The average Bonchev–Trinajstić information content (AvgIpc) is 2.65. The minimum Gasteiger partial charge on any atom is -0.370 e. The first-order valence-electron chi connectivity index (χ1n) is 8.39. The molecule has 0 bridgehead atoms. The largest absolute Gasteiger partial charge is 0.370 e. The SMILES string of the molecule is O=S(=O)(N[C@H](C[NH+]1CCOCC1)c1ccccc1)c1ccc(Cl)c(Cl)c1. The van der Waals surface area contributed by atoms with Crippen molar-refractivity contribution in [3.8, 4) is 0 Å². The molecule has 0 aliphatic carbocycles. The Labute approximate surface area is 163 Å². The Morgan fingerprint density at radius 1 is 1.04 bits per heavy atom. The van der Waals surface area contributed by atoms with Crippen molar-refractivity contribution < 1.29 is 18.1 Å². The summed E-state index contributed by atoms with van der Waals surface area (Å²) < 4.78 is 34.0. The maximum absolute atomic E-state index is 12.9. The quantitative estimate of drug-likeness (QED) is 0.757. The van der Waals surface area contributed by atoms with E-state index in [1.54, 1.807) is 0 Å². The number of hydrogen-bond donors (Lipinski definition) is 2. The zero-order chi connectivity index (χ0) is 18.6. The van der Waals surface area contributed by atoms with Gasteiger partial charge in [0.2, 0.25) is 10.0 Å². The van der Waals surface area contributed by atoms with Gasteiger partial charge in [0, 0.05) is 0 Å². The number of quaternary nitrogens is 1. The van der Waals surface area contributed by atoms with Crippen LogP contribution >= 0.6 is 23.2 Å². The van der Waals surface area contributed by atoms with Gasteiger partial charge in [-0.25, -0.2) is 8.42 Å². The van der Waals surface area contributed by atoms with Crippen LogP contribution in [0.15, 0.2) is 53.4 Å². The highest BCUT2D eigenvalue weighted by atomic mass is 35.5. The zero-order valence-electron chi connectivity index (χ0n) is 14.1. The third kappa shape index (κ3) is 4.97. The van der Waals surface area contributed by atoms with Gasteiger partial charge in [0.1, 0.15) is 13.1 Å². The fourth-order valence-corrected chi connectivity index (χ4v) is 4.58. The second kappa shape index (κ2) is 8.69. The summed E-state index contributed by atoms with van der Waals surface area (Å²) in [6.45, 7) is 3.75. The van der Waals surface area contributed by atoms with E-state index >= 15 is 0 Å². The molecule has 0 unspecified atom stereocenters. The zero-order valence-corrected chi connectivity index (χ0v) is 16.4. The fourth-order valence-electron chi connectivity index (χ4n) is 2.97. The minimum absolute atomic E-state index is 0.102. The summed E-state index contributed by atoms with van der Waals surface area (Å²) in [5.41, 5.74) is 0.926. The third-order valence-electron chi connectivity index (χ3n) is 4.39. The van der Waals surface area contributed by atoms with E-state index in [0.717, 1.165) is 18.7 Å². The third-order valence-corrected chi connectivity index (χ3v) is 6.60. The van der Waals surface area contributed by atoms with Crippen LogP contribution in [-0.2, 0) is 14.8 Å². The molecule has 1 atom stereocenters. The van der Waals surface area contributed by atoms with Crippen LogP contribution in [0, 0.1) is 0 Å². The van der Waals surface area contributed by atoms with Crippen LogP contribution in [0.5, 0.6) is 0 Å². The molecule has 2 aromatic rings. The van der Waals surface area contributed by atoms with E-state index in [2.05, 4.69) is 4.72 Å². The minimum atomic E-state index is -3.74. The van der Waals surface area contributed by atoms with Gasteiger partial charge in [-0.2, -0.15) is 4.72 Å². The molecule has 3 rings (SSSR count). The number of hydrogen-bond acceptors (Lipinski definition) is 3. The molecule has 0 amide bonds. The summed E-state index contributed by atoms with van der Waals surface area (Å²) in [5.74, 6) is 0. The molecule has 2 aromatic carbocycles. The van der Waals surface area contributed by atoms with Crippen molar-refractivity contribution in [2.75, 3.05) is 32.8 Å². The highest BCUT2D eigenvalue weighted by Gasteiger charge is 2.26. The topological polar surface area (TPSA) is 59.8 Å². The molecule has 1 fully saturated rings. The van der Waals surface area contributed by atoms with Crippen molar-refractivity contribution in [1.29, 1.82) is 0 Å². The number of rotatable bonds is 6. The van der Waals surface area contributed by atoms with Gasteiger partial charge in [-0.05, 0) is 23.8 Å². The van der Waals surface area contributed by atoms with Crippen molar-refractivity contribution in [2.45, 2.75) is 10.9 Å². The second-order valence-corrected chi connectivity index (χ2v) is 8.76. The van der Waals surface area contributed by atoms with Gasteiger partial charge in [0.25, 0.3) is 0 Å². The average molecular weight is 416 g/mol. The van der Waals surface area contributed by atoms with Crippen LogP contribution < -0.4 is 9.62 Å². The lowest BCUT2D eigenvalue weighted by molar-refractivity contribution is -0.909. The Morgan fingerprint density at radius 2 is 1.73 bits per heavy atom. The molecule has 1 aliphatic rings. The first-order valence-corrected chi connectivity index (χ1v) is 10.6. The number of morpholine rings is 1. The number of nitrogens with one attached hydrogen (secondary N) is 2. The first kappa shape index (κ1) is 19.6. The van der Waals surface area contributed by atoms with Crippen LogP contribution in [0.4, 0.5) is 0 Å². The molecule has 5 nitrogen and oxygen atoms in total. The van der Waals surface area contributed by atoms with Crippen LogP contribution in [0.3, 0.4) is 0 Å². The van der Waals surface area contributed by atoms with E-state index in [0.29, 0.717) is 24.8 Å². The Hall–Kier alpha value is -1.15. The first-order chi connectivity index (χ1) is 12.5. The molecular weight excluding hydrogens is 395 g/mol. The van der Waals surface area contributed by atoms with Crippen LogP contribution in [0.25, 0.3) is 0 Å². The van der Waals surface area contributed by atoms with Gasteiger partial charge in [-0.15, -0.1) is 0 Å². The Balaban J connectivity index is 1.85. The molecule has 8 heteroatoms. The number of halogens is 2. The predicted molar refractivity (Wildman–Crippen MR) is 102 cm³/mol. The normalized spacial score (nSPS) is 17.2. The molecule has 0 saturated carbocycles. The molecule has 1 aliphatic heterocycles. The predicted octanol–water partition coefficient (Wildman–Crippen LogP) is 1.93. The number of ether oxygens (including phenoxy) is 1. The summed E-state index contributed by atoms with van der Waals surface area (Å²) in [5, 5.41) is 0.535. The Kier molecular flexibility index (Phi) is 6.55. The van der Waals surface area contributed by atoms with E-state index in [-0.39, 0.29) is 16.0 Å². The molecular formula is C18H21Cl2N2O3S+. The lowest BCUT2D eigenvalue weighted by atomic mass is 10.1. The number of benzene rings is 2. The van der Waals surface area contributed by atoms with Gasteiger partial charge in [0.15, 0.2) is 0 Å². The standard InChI is InChI=1S/C18H20Cl2N2O3S/c19-16-7-6-15(12-17(16)20)26(23,24)21-18(14-4-2-1-3-5-14)13-22-8-10-25-11-9-22/h1-7,12,18,21H,8-11,13H2/p+1/t18-/m1/s1. The lowest BCUT2D eigenvalue weighted by Gasteiger charge is -2.28. The summed E-state index contributed by atoms with van der Waals surface area (Å²) in [4.78, 5) is 1.41. The van der Waals surface area contributed by atoms with Gasteiger partial charge < -0.3 is 9.64 Å². The maximum Gasteiger partial charge on any atom is 0.241 e. The molecule has 2 N–H and O–H groups in total. The van der Waals surface area contributed by atoms with Crippen molar-refractivity contribution in [1.82, 2.24) is 4.72 Å². The highest BCUT2D eigenvalue weighted by molar-refractivity contribution is 7.89. The second-order valence-electron chi connectivity index (χ2n) is 6.23. The number of sulfonamides is 1. The smallest absolute Gasteiger partial charge is 0.241 e. The molecule has 1 heterocycles. The lowest BCUT2D eigenvalue weighted by Crippen LogP contribution is -3.14. The molecule has 0 radical (unpaired) electrons. The van der Waals surface area contributed by atoms with Crippen molar-refractivity contribution in [2.24, 2.45) is 0 Å². The molecule has 0 aromatic heterocycles. The molecule has 1 saturated heterocycles. The maximum atomic E-state index is 12.9. The molecule has 140 valence electrons. The van der Waals surface area contributed by atoms with Gasteiger partial charge in [-0.3, -0.25) is 0 Å². The van der Waals surface area contributed by atoms with Crippen LogP contribution in [-0.4, -0.2) is 41.3 Å². The van der Waals surface area contributed by atoms with Crippen molar-refractivity contribution >= 4 is 33.2 Å². The van der Waals surface area contributed by atoms with Gasteiger partial charge in [0.05, 0.1) is 40.7 Å². The highest BCUT2D eigenvalue weighted by Crippen LogP contribution is 2.25. The van der Waals surface area contributed by atoms with E-state index < -0.39 is 10.0 Å². The summed E-state index contributed by atoms with van der Waals surface area (Å²) >= 11 is 11.9. The Bertz CT molecular complexity index is 841. The van der Waals surface area contributed by atoms with Crippen molar-refractivity contribution in [3.05, 3.63) is 64.1 Å². The summed E-state index contributed by atoms with van der Waals surface area (Å²) in [6, 6.07) is 13.6. The molecule has 26 heavy (non-hydrogen) atoms. The fraction of sp³-hybridized carbons (Fsp3) is 0.333. The van der Waals surface area contributed by atoms with E-state index in [9.17, 15) is 8.42 Å². The van der Waals surface area contributed by atoms with Crippen molar-refractivity contribution in [3.63, 3.8) is 0 Å². The summed E-state index contributed by atoms with van der Waals surface area (Å²) in [6.07, 6.45) is 0. The van der Waals surface area contributed by atoms with Gasteiger partial charge in [-0.1, -0.05) is 53.5 Å². The van der Waals surface area contributed by atoms with Gasteiger partial charge >= 0.3 is 0 Å². The van der Waals surface area contributed by atoms with E-state index in [1.165, 1.54) is 23.1 Å².